The largest absolute Gasteiger partial charge is 0.378 e. The predicted octanol–water partition coefficient (Wildman–Crippen LogP) is -1.04. The van der Waals surface area contributed by atoms with Crippen LogP contribution < -0.4 is 10.5 Å². The highest BCUT2D eigenvalue weighted by Gasteiger charge is 2.11. The van der Waals surface area contributed by atoms with E-state index in [0.29, 0.717) is 38.7 Å². The van der Waals surface area contributed by atoms with Crippen LogP contribution in [0, 0.1) is 0 Å². The Hall–Kier alpha value is -0.860. The van der Waals surface area contributed by atoms with Crippen molar-refractivity contribution in [3.8, 4) is 0 Å². The highest BCUT2D eigenvalue weighted by molar-refractivity contribution is 7.89. The second-order valence-electron chi connectivity index (χ2n) is 3.99. The van der Waals surface area contributed by atoms with Gasteiger partial charge in [-0.3, -0.25) is 4.99 Å². The van der Waals surface area contributed by atoms with Gasteiger partial charge in [0.1, 0.15) is 0 Å². The third-order valence-electron chi connectivity index (χ3n) is 2.65. The van der Waals surface area contributed by atoms with Gasteiger partial charge in [0.25, 0.3) is 0 Å². The summed E-state index contributed by atoms with van der Waals surface area (Å²) in [5.74, 6) is 0.614. The zero-order valence-corrected chi connectivity index (χ0v) is 11.6. The number of morpholine rings is 1. The minimum atomic E-state index is -3.10. The van der Waals surface area contributed by atoms with Gasteiger partial charge in [-0.05, 0) is 13.3 Å². The summed E-state index contributed by atoms with van der Waals surface area (Å²) in [5.41, 5.74) is 5.82. The first-order valence-corrected chi connectivity index (χ1v) is 7.80. The molecule has 0 bridgehead atoms. The van der Waals surface area contributed by atoms with E-state index >= 15 is 0 Å². The molecule has 0 radical (unpaired) electrons. The van der Waals surface area contributed by atoms with E-state index in [0.717, 1.165) is 13.1 Å². The Morgan fingerprint density at radius 3 is 2.72 bits per heavy atom. The van der Waals surface area contributed by atoms with Crippen molar-refractivity contribution in [2.75, 3.05) is 45.1 Å². The second kappa shape index (κ2) is 7.55. The van der Waals surface area contributed by atoms with Gasteiger partial charge in [0.2, 0.25) is 10.0 Å². The molecule has 0 aromatic rings. The Balaban J connectivity index is 2.19. The number of ether oxygens (including phenoxy) is 1. The average molecular weight is 278 g/mol. The van der Waals surface area contributed by atoms with Gasteiger partial charge in [-0.15, -0.1) is 0 Å². The lowest BCUT2D eigenvalue weighted by Crippen LogP contribution is -2.44. The molecule has 1 heterocycles. The van der Waals surface area contributed by atoms with Crippen LogP contribution in [0.5, 0.6) is 0 Å². The summed E-state index contributed by atoms with van der Waals surface area (Å²) in [6.07, 6.45) is 0.643. The summed E-state index contributed by atoms with van der Waals surface area (Å²) in [6.45, 7) is 5.40. The van der Waals surface area contributed by atoms with Crippen LogP contribution in [0.15, 0.2) is 4.99 Å². The molecule has 0 aromatic carbocycles. The zero-order chi connectivity index (χ0) is 13.4. The number of nitrogens with zero attached hydrogens (tertiary/aromatic N) is 2. The molecule has 1 aliphatic rings. The lowest BCUT2D eigenvalue weighted by Gasteiger charge is -2.27. The van der Waals surface area contributed by atoms with Crippen LogP contribution in [0.4, 0.5) is 0 Å². The van der Waals surface area contributed by atoms with Crippen LogP contribution in [0.2, 0.25) is 0 Å². The van der Waals surface area contributed by atoms with Crippen molar-refractivity contribution in [3.05, 3.63) is 0 Å². The molecule has 0 aliphatic carbocycles. The van der Waals surface area contributed by atoms with Crippen molar-refractivity contribution < 1.29 is 13.2 Å². The summed E-state index contributed by atoms with van der Waals surface area (Å²) in [7, 11) is -3.10. The Bertz CT molecular complexity index is 363. The third kappa shape index (κ3) is 5.65. The smallest absolute Gasteiger partial charge is 0.211 e. The first-order chi connectivity index (χ1) is 8.55. The molecule has 106 valence electrons. The summed E-state index contributed by atoms with van der Waals surface area (Å²) in [5, 5.41) is 0. The first-order valence-electron chi connectivity index (χ1n) is 6.15. The number of aliphatic imine (C=N–C) groups is 1. The molecule has 0 spiro atoms. The Morgan fingerprint density at radius 2 is 2.11 bits per heavy atom. The summed E-state index contributed by atoms with van der Waals surface area (Å²) >= 11 is 0. The molecule has 1 rings (SSSR count). The van der Waals surface area contributed by atoms with E-state index in [1.54, 1.807) is 6.92 Å². The molecule has 0 amide bonds. The lowest BCUT2D eigenvalue weighted by atomic mass is 10.4. The Morgan fingerprint density at radius 1 is 1.44 bits per heavy atom. The molecule has 8 heteroatoms. The van der Waals surface area contributed by atoms with Gasteiger partial charge < -0.3 is 15.4 Å². The number of hydrogen-bond acceptors (Lipinski definition) is 4. The minimum Gasteiger partial charge on any atom is -0.378 e. The highest BCUT2D eigenvalue weighted by Crippen LogP contribution is 1.96. The van der Waals surface area contributed by atoms with Crippen LogP contribution in [-0.2, 0) is 14.8 Å². The maximum absolute atomic E-state index is 11.1. The summed E-state index contributed by atoms with van der Waals surface area (Å²) in [4.78, 5) is 6.20. The first kappa shape index (κ1) is 15.2. The van der Waals surface area contributed by atoms with Crippen molar-refractivity contribution >= 4 is 16.0 Å². The molecule has 7 nitrogen and oxygen atoms in total. The van der Waals surface area contributed by atoms with Gasteiger partial charge >= 0.3 is 0 Å². The number of sulfonamides is 1. The van der Waals surface area contributed by atoms with Gasteiger partial charge in [-0.1, -0.05) is 0 Å². The summed E-state index contributed by atoms with van der Waals surface area (Å²) in [6, 6.07) is 0. The predicted molar refractivity (Wildman–Crippen MR) is 71.0 cm³/mol. The zero-order valence-electron chi connectivity index (χ0n) is 10.8. The van der Waals surface area contributed by atoms with Crippen molar-refractivity contribution in [3.63, 3.8) is 0 Å². The van der Waals surface area contributed by atoms with E-state index in [1.807, 2.05) is 4.90 Å². The van der Waals surface area contributed by atoms with Crippen LogP contribution in [0.25, 0.3) is 0 Å². The molecular weight excluding hydrogens is 256 g/mol. The SMILES string of the molecule is CCS(=O)(=O)NCCCN=C(N)N1CCOCC1. The fourth-order valence-corrected chi connectivity index (χ4v) is 2.15. The third-order valence-corrected chi connectivity index (χ3v) is 4.05. The van der Waals surface area contributed by atoms with E-state index in [2.05, 4.69) is 9.71 Å². The van der Waals surface area contributed by atoms with E-state index in [4.69, 9.17) is 10.5 Å². The van der Waals surface area contributed by atoms with Gasteiger partial charge in [-0.2, -0.15) is 0 Å². The molecule has 0 atom stereocenters. The van der Waals surface area contributed by atoms with Gasteiger partial charge in [-0.25, -0.2) is 13.1 Å². The maximum Gasteiger partial charge on any atom is 0.211 e. The van der Waals surface area contributed by atoms with Gasteiger partial charge in [0.15, 0.2) is 5.96 Å². The van der Waals surface area contributed by atoms with Crippen molar-refractivity contribution in [2.24, 2.45) is 10.7 Å². The van der Waals surface area contributed by atoms with Gasteiger partial charge in [0.05, 0.1) is 19.0 Å². The Kier molecular flexibility index (Phi) is 6.37. The molecule has 0 saturated carbocycles. The quantitative estimate of drug-likeness (QED) is 0.367. The molecule has 1 saturated heterocycles. The van der Waals surface area contributed by atoms with Crippen LogP contribution >= 0.6 is 0 Å². The molecule has 0 aromatic heterocycles. The topological polar surface area (TPSA) is 97.0 Å². The van der Waals surface area contributed by atoms with Gasteiger partial charge in [0, 0.05) is 26.2 Å². The normalized spacial score (nSPS) is 18.1. The molecule has 18 heavy (non-hydrogen) atoms. The molecule has 0 unspecified atom stereocenters. The number of hydrogen-bond donors (Lipinski definition) is 2. The van der Waals surface area contributed by atoms with E-state index in [1.165, 1.54) is 0 Å². The molecule has 1 aliphatic heterocycles. The maximum atomic E-state index is 11.1. The van der Waals surface area contributed by atoms with Crippen LogP contribution in [0.1, 0.15) is 13.3 Å². The fourth-order valence-electron chi connectivity index (χ4n) is 1.49. The Labute approximate surface area is 108 Å². The number of nitrogens with one attached hydrogen (secondary N) is 1. The standard InChI is InChI=1S/C10H22N4O3S/c1-2-18(15,16)13-5-3-4-12-10(11)14-6-8-17-9-7-14/h13H,2-9H2,1H3,(H2,11,12). The number of guanidine groups is 1. The number of nitrogens with two attached hydrogens (primary N) is 1. The van der Waals surface area contributed by atoms with E-state index in [9.17, 15) is 8.42 Å². The average Bonchev–Trinajstić information content (AvgIpc) is 2.39. The molecule has 1 fully saturated rings. The van der Waals surface area contributed by atoms with Crippen molar-refractivity contribution in [1.82, 2.24) is 9.62 Å². The summed E-state index contributed by atoms with van der Waals surface area (Å²) < 4.78 is 30.0. The van der Waals surface area contributed by atoms with Crippen LogP contribution in [-0.4, -0.2) is 64.4 Å². The second-order valence-corrected chi connectivity index (χ2v) is 6.09. The molecule has 3 N–H and O–H groups in total. The van der Waals surface area contributed by atoms with Crippen molar-refractivity contribution in [2.45, 2.75) is 13.3 Å². The lowest BCUT2D eigenvalue weighted by molar-refractivity contribution is 0.0674. The monoisotopic (exact) mass is 278 g/mol. The van der Waals surface area contributed by atoms with E-state index in [-0.39, 0.29) is 5.75 Å². The highest BCUT2D eigenvalue weighted by atomic mass is 32.2. The fraction of sp³-hybridized carbons (Fsp3) is 0.900. The minimum absolute atomic E-state index is 0.103. The molecular formula is C10H22N4O3S. The van der Waals surface area contributed by atoms with Crippen molar-refractivity contribution in [1.29, 1.82) is 0 Å². The number of rotatable bonds is 6. The van der Waals surface area contributed by atoms with Crippen LogP contribution in [0.3, 0.4) is 0 Å². The van der Waals surface area contributed by atoms with E-state index < -0.39 is 10.0 Å².